The first-order valence-corrected chi connectivity index (χ1v) is 7.40. The second kappa shape index (κ2) is 4.96. The van der Waals surface area contributed by atoms with Crippen LogP contribution in [0.2, 0.25) is 0 Å². The van der Waals surface area contributed by atoms with Gasteiger partial charge in [-0.25, -0.2) is 0 Å². The number of nitrogens with two attached hydrogens (primary N) is 1. The van der Waals surface area contributed by atoms with E-state index in [9.17, 15) is 4.79 Å². The van der Waals surface area contributed by atoms with Crippen LogP contribution in [0.3, 0.4) is 0 Å². The van der Waals surface area contributed by atoms with Crippen LogP contribution in [0.25, 0.3) is 0 Å². The van der Waals surface area contributed by atoms with Gasteiger partial charge in [-0.15, -0.1) is 11.3 Å². The zero-order valence-corrected chi connectivity index (χ0v) is 12.3. The first-order chi connectivity index (χ1) is 9.58. The molecule has 0 spiro atoms. The summed E-state index contributed by atoms with van der Waals surface area (Å²) in [7, 11) is 0. The minimum atomic E-state index is -0.760. The fourth-order valence-electron chi connectivity index (χ4n) is 2.49. The van der Waals surface area contributed by atoms with Crippen LogP contribution in [0.15, 0.2) is 35.3 Å². The van der Waals surface area contributed by atoms with Crippen LogP contribution in [0.4, 0.5) is 0 Å². The summed E-state index contributed by atoms with van der Waals surface area (Å²) in [4.78, 5) is 18.9. The average Bonchev–Trinajstić information content (AvgIpc) is 2.64. The molecule has 3 rings (SSSR count). The Bertz CT molecular complexity index is 701. The van der Waals surface area contributed by atoms with E-state index in [1.165, 1.54) is 10.4 Å². The molecule has 0 saturated heterocycles. The Morgan fingerprint density at radius 2 is 1.95 bits per heavy atom. The van der Waals surface area contributed by atoms with E-state index in [0.717, 1.165) is 21.7 Å². The third-order valence-corrected chi connectivity index (χ3v) is 4.88. The molecular formula is C16H16N2OS. The summed E-state index contributed by atoms with van der Waals surface area (Å²) in [5, 5.41) is 0. The average molecular weight is 284 g/mol. The Balaban J connectivity index is 2.26. The number of fused-ring (bicyclic) bond motifs is 1. The van der Waals surface area contributed by atoms with Gasteiger partial charge in [0.1, 0.15) is 0 Å². The number of benzene rings is 1. The predicted octanol–water partition coefficient (Wildman–Crippen LogP) is 2.61. The number of rotatable bonds is 1. The molecule has 1 aliphatic heterocycles. The quantitative estimate of drug-likeness (QED) is 0.875. The van der Waals surface area contributed by atoms with E-state index in [1.807, 2.05) is 30.3 Å². The Labute approximate surface area is 122 Å². The lowest BCUT2D eigenvalue weighted by Crippen LogP contribution is -2.29. The highest BCUT2D eigenvalue weighted by molar-refractivity contribution is 7.12. The van der Waals surface area contributed by atoms with Gasteiger partial charge in [0.25, 0.3) is 0 Å². The number of Topliss-reactive ketones (excluding diaryl/α,β-unsaturated/α-hetero) is 1. The second-order valence-electron chi connectivity index (χ2n) is 5.01. The monoisotopic (exact) mass is 284 g/mol. The number of thiophene rings is 1. The zero-order chi connectivity index (χ0) is 14.3. The highest BCUT2D eigenvalue weighted by atomic mass is 32.1. The molecule has 4 heteroatoms. The van der Waals surface area contributed by atoms with E-state index in [0.29, 0.717) is 6.42 Å². The normalized spacial score (nSPS) is 18.4. The molecule has 1 aliphatic rings. The third kappa shape index (κ3) is 2.11. The van der Waals surface area contributed by atoms with Gasteiger partial charge in [0.15, 0.2) is 11.9 Å². The first kappa shape index (κ1) is 13.2. The molecule has 0 fully saturated rings. The minimum absolute atomic E-state index is 0.0153. The second-order valence-corrected chi connectivity index (χ2v) is 6.32. The number of carbonyl (C=O) groups is 1. The molecule has 3 nitrogen and oxygen atoms in total. The van der Waals surface area contributed by atoms with Crippen molar-refractivity contribution in [2.45, 2.75) is 26.4 Å². The minimum Gasteiger partial charge on any atom is -0.303 e. The van der Waals surface area contributed by atoms with Gasteiger partial charge in [-0.2, -0.15) is 0 Å². The summed E-state index contributed by atoms with van der Waals surface area (Å²) < 4.78 is 0. The lowest BCUT2D eigenvalue weighted by atomic mass is 9.98. The molecule has 1 atom stereocenters. The summed E-state index contributed by atoms with van der Waals surface area (Å²) in [5.74, 6) is -0.0153. The Morgan fingerprint density at radius 1 is 1.25 bits per heavy atom. The lowest BCUT2D eigenvalue weighted by Gasteiger charge is -2.08. The van der Waals surface area contributed by atoms with Crippen molar-refractivity contribution in [3.05, 3.63) is 56.8 Å². The van der Waals surface area contributed by atoms with Gasteiger partial charge in [0.2, 0.25) is 0 Å². The van der Waals surface area contributed by atoms with Gasteiger partial charge in [-0.3, -0.25) is 9.79 Å². The van der Waals surface area contributed by atoms with Crippen LogP contribution >= 0.6 is 11.3 Å². The number of aryl methyl sites for hydroxylation is 1. The van der Waals surface area contributed by atoms with Crippen molar-refractivity contribution >= 4 is 22.8 Å². The van der Waals surface area contributed by atoms with Crippen molar-refractivity contribution in [2.75, 3.05) is 0 Å². The van der Waals surface area contributed by atoms with E-state index in [1.54, 1.807) is 11.3 Å². The van der Waals surface area contributed by atoms with Gasteiger partial charge >= 0.3 is 0 Å². The van der Waals surface area contributed by atoms with Crippen LogP contribution in [-0.4, -0.2) is 17.7 Å². The van der Waals surface area contributed by atoms with Crippen molar-refractivity contribution in [1.29, 1.82) is 0 Å². The highest BCUT2D eigenvalue weighted by Crippen LogP contribution is 2.32. The Kier molecular flexibility index (Phi) is 3.28. The van der Waals surface area contributed by atoms with Crippen molar-refractivity contribution in [3.63, 3.8) is 0 Å². The molecular weight excluding hydrogens is 268 g/mol. The smallest absolute Gasteiger partial charge is 0.176 e. The molecule has 0 bridgehead atoms. The van der Waals surface area contributed by atoms with Gasteiger partial charge in [0, 0.05) is 27.3 Å². The van der Waals surface area contributed by atoms with Crippen LogP contribution in [0.1, 0.15) is 26.4 Å². The highest BCUT2D eigenvalue weighted by Gasteiger charge is 2.27. The number of aliphatic imine (C=N–C) groups is 1. The summed E-state index contributed by atoms with van der Waals surface area (Å²) >= 11 is 1.68. The van der Waals surface area contributed by atoms with Crippen molar-refractivity contribution in [1.82, 2.24) is 0 Å². The van der Waals surface area contributed by atoms with E-state index < -0.39 is 6.17 Å². The Morgan fingerprint density at radius 3 is 2.65 bits per heavy atom. The van der Waals surface area contributed by atoms with Crippen LogP contribution < -0.4 is 5.73 Å². The topological polar surface area (TPSA) is 55.4 Å². The SMILES string of the molecule is Cc1sc2c(c1C)C(c1ccccc1)=NC(N)C(=O)C2. The van der Waals surface area contributed by atoms with Crippen LogP contribution in [0, 0.1) is 13.8 Å². The molecule has 1 unspecified atom stereocenters. The molecule has 2 heterocycles. The molecule has 0 amide bonds. The molecule has 0 aliphatic carbocycles. The third-order valence-electron chi connectivity index (χ3n) is 3.68. The maximum absolute atomic E-state index is 12.0. The molecule has 102 valence electrons. The van der Waals surface area contributed by atoms with E-state index >= 15 is 0 Å². The number of nitrogens with zero attached hydrogens (tertiary/aromatic N) is 1. The fourth-order valence-corrected chi connectivity index (χ4v) is 3.68. The van der Waals surface area contributed by atoms with Crippen molar-refractivity contribution in [3.8, 4) is 0 Å². The molecule has 1 aromatic heterocycles. The fraction of sp³-hybridized carbons (Fsp3) is 0.250. The predicted molar refractivity (Wildman–Crippen MR) is 82.6 cm³/mol. The summed E-state index contributed by atoms with van der Waals surface area (Å²) in [5.41, 5.74) is 10.1. The van der Waals surface area contributed by atoms with Crippen molar-refractivity contribution < 1.29 is 4.79 Å². The molecule has 2 aromatic rings. The summed E-state index contributed by atoms with van der Waals surface area (Å²) in [6.45, 7) is 4.17. The van der Waals surface area contributed by atoms with Gasteiger partial charge in [-0.1, -0.05) is 30.3 Å². The largest absolute Gasteiger partial charge is 0.303 e. The van der Waals surface area contributed by atoms with Crippen molar-refractivity contribution in [2.24, 2.45) is 10.7 Å². The molecule has 0 radical (unpaired) electrons. The Hall–Kier alpha value is -1.78. The van der Waals surface area contributed by atoms with Gasteiger partial charge in [0.05, 0.1) is 5.71 Å². The standard InChI is InChI=1S/C16H16N2OS/c1-9-10(2)20-13-8-12(19)16(17)18-15(14(9)13)11-6-4-3-5-7-11/h3-7,16H,8,17H2,1-2H3. The summed E-state index contributed by atoms with van der Waals surface area (Å²) in [6, 6.07) is 9.95. The number of hydrogen-bond donors (Lipinski definition) is 1. The maximum Gasteiger partial charge on any atom is 0.176 e. The molecule has 1 aromatic carbocycles. The number of hydrogen-bond acceptors (Lipinski definition) is 4. The number of ketones is 1. The van der Waals surface area contributed by atoms with Gasteiger partial charge in [-0.05, 0) is 19.4 Å². The maximum atomic E-state index is 12.0. The van der Waals surface area contributed by atoms with E-state index in [2.05, 4.69) is 18.8 Å². The molecule has 0 saturated carbocycles. The van der Waals surface area contributed by atoms with E-state index in [-0.39, 0.29) is 5.78 Å². The van der Waals surface area contributed by atoms with Crippen LogP contribution in [-0.2, 0) is 11.2 Å². The lowest BCUT2D eigenvalue weighted by molar-refractivity contribution is -0.119. The van der Waals surface area contributed by atoms with Gasteiger partial charge < -0.3 is 5.73 Å². The molecule has 2 N–H and O–H groups in total. The van der Waals surface area contributed by atoms with Crippen LogP contribution in [0.5, 0.6) is 0 Å². The zero-order valence-electron chi connectivity index (χ0n) is 11.5. The van der Waals surface area contributed by atoms with E-state index in [4.69, 9.17) is 5.73 Å². The summed E-state index contributed by atoms with van der Waals surface area (Å²) in [6.07, 6.45) is -0.375. The number of carbonyl (C=O) groups excluding carboxylic acids is 1. The molecule has 20 heavy (non-hydrogen) atoms. The first-order valence-electron chi connectivity index (χ1n) is 6.58.